The summed E-state index contributed by atoms with van der Waals surface area (Å²) >= 11 is 1.71. The van der Waals surface area contributed by atoms with Gasteiger partial charge in [-0.1, -0.05) is 51.1 Å². The van der Waals surface area contributed by atoms with Crippen molar-refractivity contribution in [2.75, 3.05) is 6.54 Å². The average Bonchev–Trinajstić information content (AvgIpc) is 3.03. The number of nitrogens with one attached hydrogen (secondary N) is 2. The normalized spacial score (nSPS) is 13.1. The molecule has 0 spiro atoms. The lowest BCUT2D eigenvalue weighted by molar-refractivity contribution is 0.583. The van der Waals surface area contributed by atoms with Crippen molar-refractivity contribution in [2.24, 2.45) is 4.99 Å². The number of hydrogen-bond acceptors (Lipinski definition) is 3. The van der Waals surface area contributed by atoms with Crippen LogP contribution in [0, 0.1) is 0 Å². The molecule has 2 rings (SSSR count). The van der Waals surface area contributed by atoms with Crippen LogP contribution in [0.5, 0.6) is 0 Å². The fourth-order valence-corrected chi connectivity index (χ4v) is 3.13. The molecule has 138 valence electrons. The van der Waals surface area contributed by atoms with E-state index in [9.17, 15) is 0 Å². The Labute approximate surface area is 172 Å². The summed E-state index contributed by atoms with van der Waals surface area (Å²) in [6, 6.07) is 10.6. The van der Waals surface area contributed by atoms with E-state index < -0.39 is 0 Å². The third-order valence-corrected chi connectivity index (χ3v) is 4.91. The van der Waals surface area contributed by atoms with Gasteiger partial charge in [0, 0.05) is 17.3 Å². The van der Waals surface area contributed by atoms with Crippen molar-refractivity contribution in [2.45, 2.75) is 52.6 Å². The first-order valence-corrected chi connectivity index (χ1v) is 9.32. The average molecular weight is 472 g/mol. The smallest absolute Gasteiger partial charge is 0.192 e. The number of benzene rings is 1. The van der Waals surface area contributed by atoms with E-state index in [1.807, 2.05) is 6.07 Å². The molecule has 25 heavy (non-hydrogen) atoms. The van der Waals surface area contributed by atoms with Gasteiger partial charge in [0.15, 0.2) is 5.96 Å². The third kappa shape index (κ3) is 6.93. The summed E-state index contributed by atoms with van der Waals surface area (Å²) < 4.78 is 0. The Bertz CT molecular complexity index is 662. The highest BCUT2D eigenvalue weighted by molar-refractivity contribution is 14.0. The van der Waals surface area contributed by atoms with Gasteiger partial charge in [-0.05, 0) is 19.4 Å². The second-order valence-electron chi connectivity index (χ2n) is 6.87. The molecule has 1 aromatic heterocycles. The number of guanidine groups is 1. The van der Waals surface area contributed by atoms with Crippen LogP contribution in [0.3, 0.4) is 0 Å². The van der Waals surface area contributed by atoms with Gasteiger partial charge >= 0.3 is 0 Å². The minimum atomic E-state index is 0. The molecular formula is C19H29IN4S. The Balaban J connectivity index is 0.00000312. The van der Waals surface area contributed by atoms with E-state index in [4.69, 9.17) is 4.98 Å². The maximum Gasteiger partial charge on any atom is 0.192 e. The molecule has 4 nitrogen and oxygen atoms in total. The van der Waals surface area contributed by atoms with E-state index in [0.29, 0.717) is 6.54 Å². The van der Waals surface area contributed by atoms with Gasteiger partial charge in [-0.25, -0.2) is 9.98 Å². The summed E-state index contributed by atoms with van der Waals surface area (Å²) in [6.07, 6.45) is 0. The van der Waals surface area contributed by atoms with Crippen LogP contribution in [0.1, 0.15) is 56.9 Å². The van der Waals surface area contributed by atoms with Crippen LogP contribution in [-0.2, 0) is 12.0 Å². The predicted molar refractivity (Wildman–Crippen MR) is 119 cm³/mol. The molecule has 0 aliphatic carbocycles. The van der Waals surface area contributed by atoms with Gasteiger partial charge in [0.25, 0.3) is 0 Å². The van der Waals surface area contributed by atoms with Gasteiger partial charge < -0.3 is 10.6 Å². The molecule has 0 bridgehead atoms. The van der Waals surface area contributed by atoms with E-state index >= 15 is 0 Å². The van der Waals surface area contributed by atoms with E-state index in [-0.39, 0.29) is 35.4 Å². The van der Waals surface area contributed by atoms with Gasteiger partial charge in [-0.3, -0.25) is 0 Å². The molecule has 1 heterocycles. The number of aromatic nitrogens is 1. The minimum Gasteiger partial charge on any atom is -0.357 e. The van der Waals surface area contributed by atoms with Gasteiger partial charge in [-0.15, -0.1) is 35.3 Å². The third-order valence-electron chi connectivity index (χ3n) is 3.59. The number of rotatable bonds is 5. The molecule has 1 unspecified atom stereocenters. The van der Waals surface area contributed by atoms with Crippen LogP contribution in [-0.4, -0.2) is 17.5 Å². The molecule has 0 aliphatic rings. The van der Waals surface area contributed by atoms with E-state index in [1.54, 1.807) is 11.3 Å². The SMILES string of the molecule is CCNC(=NCc1csc(C(C)(C)C)n1)NC(C)c1ccccc1.I. The van der Waals surface area contributed by atoms with Gasteiger partial charge in [0.1, 0.15) is 0 Å². The summed E-state index contributed by atoms with van der Waals surface area (Å²) in [4.78, 5) is 9.39. The van der Waals surface area contributed by atoms with Crippen LogP contribution in [0.15, 0.2) is 40.7 Å². The molecular weight excluding hydrogens is 443 g/mol. The molecule has 0 radical (unpaired) electrons. The minimum absolute atomic E-state index is 0. The zero-order valence-electron chi connectivity index (χ0n) is 15.7. The van der Waals surface area contributed by atoms with Gasteiger partial charge in [0.05, 0.1) is 23.3 Å². The van der Waals surface area contributed by atoms with Crippen LogP contribution < -0.4 is 10.6 Å². The molecule has 0 saturated heterocycles. The lowest BCUT2D eigenvalue weighted by Gasteiger charge is -2.18. The van der Waals surface area contributed by atoms with Crippen molar-refractivity contribution in [3.8, 4) is 0 Å². The Morgan fingerprint density at radius 3 is 2.48 bits per heavy atom. The number of thiazole rings is 1. The number of nitrogens with zero attached hydrogens (tertiary/aromatic N) is 2. The Kier molecular flexibility index (Phi) is 8.85. The Hall–Kier alpha value is -1.15. The molecule has 1 atom stereocenters. The lowest BCUT2D eigenvalue weighted by Crippen LogP contribution is -2.38. The van der Waals surface area contributed by atoms with Crippen molar-refractivity contribution >= 4 is 41.3 Å². The summed E-state index contributed by atoms with van der Waals surface area (Å²) in [5.41, 5.74) is 2.36. The number of halogens is 1. The van der Waals surface area contributed by atoms with Crippen LogP contribution in [0.2, 0.25) is 0 Å². The molecule has 0 aliphatic heterocycles. The van der Waals surface area contributed by atoms with Crippen molar-refractivity contribution in [3.05, 3.63) is 52.0 Å². The first-order valence-electron chi connectivity index (χ1n) is 8.45. The van der Waals surface area contributed by atoms with Gasteiger partial charge in [-0.2, -0.15) is 0 Å². The number of aliphatic imine (C=N–C) groups is 1. The second-order valence-corrected chi connectivity index (χ2v) is 7.72. The fraction of sp³-hybridized carbons (Fsp3) is 0.474. The van der Waals surface area contributed by atoms with Crippen molar-refractivity contribution < 1.29 is 0 Å². The molecule has 1 aromatic carbocycles. The highest BCUT2D eigenvalue weighted by Gasteiger charge is 2.17. The molecule has 2 aromatic rings. The fourth-order valence-electron chi connectivity index (χ4n) is 2.23. The summed E-state index contributed by atoms with van der Waals surface area (Å²) in [5.74, 6) is 0.819. The summed E-state index contributed by atoms with van der Waals surface area (Å²) in [5, 5.41) is 10.0. The zero-order valence-corrected chi connectivity index (χ0v) is 18.8. The van der Waals surface area contributed by atoms with Crippen LogP contribution in [0.25, 0.3) is 0 Å². The lowest BCUT2D eigenvalue weighted by atomic mass is 9.98. The zero-order chi connectivity index (χ0) is 17.6. The topological polar surface area (TPSA) is 49.3 Å². The highest BCUT2D eigenvalue weighted by atomic mass is 127. The van der Waals surface area contributed by atoms with Crippen molar-refractivity contribution in [1.82, 2.24) is 15.6 Å². The molecule has 0 amide bonds. The number of hydrogen-bond donors (Lipinski definition) is 2. The van der Waals surface area contributed by atoms with Crippen LogP contribution >= 0.6 is 35.3 Å². The summed E-state index contributed by atoms with van der Waals surface area (Å²) in [7, 11) is 0. The van der Waals surface area contributed by atoms with Crippen molar-refractivity contribution in [1.29, 1.82) is 0 Å². The quantitative estimate of drug-likeness (QED) is 0.371. The van der Waals surface area contributed by atoms with E-state index in [0.717, 1.165) is 23.2 Å². The highest BCUT2D eigenvalue weighted by Crippen LogP contribution is 2.25. The molecule has 6 heteroatoms. The summed E-state index contributed by atoms with van der Waals surface area (Å²) in [6.45, 7) is 12.2. The Morgan fingerprint density at radius 2 is 1.92 bits per heavy atom. The molecule has 0 saturated carbocycles. The van der Waals surface area contributed by atoms with Crippen molar-refractivity contribution in [3.63, 3.8) is 0 Å². The standard InChI is InChI=1S/C19H28N4S.HI/c1-6-20-18(22-14(2)15-10-8-7-9-11-15)21-12-16-13-24-17(23-16)19(3,4)5;/h7-11,13-14H,6,12H2,1-5H3,(H2,20,21,22);1H. The first kappa shape index (κ1) is 21.9. The second kappa shape index (κ2) is 10.1. The van der Waals surface area contributed by atoms with Crippen LogP contribution in [0.4, 0.5) is 0 Å². The molecule has 0 fully saturated rings. The predicted octanol–water partition coefficient (Wildman–Crippen LogP) is 4.87. The van der Waals surface area contributed by atoms with E-state index in [2.05, 4.69) is 79.9 Å². The molecule has 2 N–H and O–H groups in total. The first-order chi connectivity index (χ1) is 11.4. The van der Waals surface area contributed by atoms with Gasteiger partial charge in [0.2, 0.25) is 0 Å². The maximum atomic E-state index is 4.71. The van der Waals surface area contributed by atoms with E-state index in [1.165, 1.54) is 5.56 Å². The Morgan fingerprint density at radius 1 is 1.24 bits per heavy atom. The monoisotopic (exact) mass is 472 g/mol. The largest absolute Gasteiger partial charge is 0.357 e. The maximum absolute atomic E-state index is 4.71.